The van der Waals surface area contributed by atoms with Crippen LogP contribution in [0.1, 0.15) is 18.4 Å². The Morgan fingerprint density at radius 2 is 1.92 bits per heavy atom. The Balaban J connectivity index is 1.42. The molecular weight excluding hydrogens is 326 g/mol. The van der Waals surface area contributed by atoms with Gasteiger partial charge in [-0.05, 0) is 55.1 Å². The molecule has 26 heavy (non-hydrogen) atoms. The second-order valence-corrected chi connectivity index (χ2v) is 6.55. The number of anilines is 2. The Morgan fingerprint density at radius 3 is 2.81 bits per heavy atom. The molecule has 6 heteroatoms. The number of hydrogen-bond donors (Lipinski definition) is 3. The van der Waals surface area contributed by atoms with E-state index in [1.165, 1.54) is 0 Å². The second-order valence-electron chi connectivity index (χ2n) is 6.55. The normalized spacial score (nSPS) is 15.1. The average molecular weight is 349 g/mol. The molecule has 0 saturated carbocycles. The molecule has 4 N–H and O–H groups in total. The molecule has 1 aromatic carbocycles. The molecule has 2 aromatic heterocycles. The Bertz CT molecular complexity index is 892. The number of aromatic nitrogens is 2. The fourth-order valence-corrected chi connectivity index (χ4v) is 3.24. The van der Waals surface area contributed by atoms with Gasteiger partial charge < -0.3 is 21.1 Å². The lowest BCUT2D eigenvalue weighted by Gasteiger charge is -2.23. The topological polar surface area (TPSA) is 85.1 Å². The largest absolute Gasteiger partial charge is 0.490 e. The lowest BCUT2D eigenvalue weighted by molar-refractivity contribution is 0.162. The molecule has 1 fully saturated rings. The highest BCUT2D eigenvalue weighted by Gasteiger charge is 2.14. The minimum Gasteiger partial charge on any atom is -0.490 e. The van der Waals surface area contributed by atoms with Gasteiger partial charge in [-0.15, -0.1) is 0 Å². The number of nitrogens with zero attached hydrogens (tertiary/aromatic N) is 2. The number of nitrogens with two attached hydrogens (primary N) is 1. The van der Waals surface area contributed by atoms with Crippen LogP contribution in [0.5, 0.6) is 5.75 Å². The van der Waals surface area contributed by atoms with E-state index in [1.807, 2.05) is 24.3 Å². The van der Waals surface area contributed by atoms with E-state index in [0.717, 1.165) is 53.8 Å². The number of pyridine rings is 2. The first-order valence-corrected chi connectivity index (χ1v) is 8.98. The van der Waals surface area contributed by atoms with Gasteiger partial charge in [0, 0.05) is 30.4 Å². The first-order chi connectivity index (χ1) is 12.8. The molecule has 1 saturated heterocycles. The lowest BCUT2D eigenvalue weighted by Crippen LogP contribution is -2.34. The Hall–Kier alpha value is -2.86. The summed E-state index contributed by atoms with van der Waals surface area (Å²) >= 11 is 0. The average Bonchev–Trinajstić information content (AvgIpc) is 2.68. The number of nitrogen functional groups attached to an aromatic ring is 1. The van der Waals surface area contributed by atoms with E-state index < -0.39 is 0 Å². The molecular formula is C20H23N5O. The van der Waals surface area contributed by atoms with Gasteiger partial charge in [0.25, 0.3) is 0 Å². The molecule has 3 aromatic rings. The molecule has 1 aliphatic rings. The van der Waals surface area contributed by atoms with E-state index in [1.54, 1.807) is 12.4 Å². The number of nitrogens with one attached hydrogen (secondary N) is 2. The number of piperidine rings is 1. The fourth-order valence-electron chi connectivity index (χ4n) is 3.24. The Kier molecular flexibility index (Phi) is 4.84. The highest BCUT2D eigenvalue weighted by atomic mass is 16.5. The molecule has 6 nitrogen and oxygen atoms in total. The maximum absolute atomic E-state index is 6.08. The van der Waals surface area contributed by atoms with Gasteiger partial charge in [-0.3, -0.25) is 0 Å². The first-order valence-electron chi connectivity index (χ1n) is 8.98. The maximum atomic E-state index is 6.08. The van der Waals surface area contributed by atoms with Crippen molar-refractivity contribution in [2.24, 2.45) is 0 Å². The van der Waals surface area contributed by atoms with Gasteiger partial charge in [0.1, 0.15) is 23.5 Å². The summed E-state index contributed by atoms with van der Waals surface area (Å²) in [5, 5.41) is 8.79. The zero-order valence-corrected chi connectivity index (χ0v) is 14.6. The maximum Gasteiger partial charge on any atom is 0.131 e. The van der Waals surface area contributed by atoms with Crippen LogP contribution in [0.4, 0.5) is 11.6 Å². The minimum absolute atomic E-state index is 0.283. The molecule has 3 heterocycles. The molecule has 0 atom stereocenters. The molecule has 0 amide bonds. The van der Waals surface area contributed by atoms with Crippen LogP contribution in [-0.4, -0.2) is 29.2 Å². The predicted octanol–water partition coefficient (Wildman–Crippen LogP) is 2.95. The summed E-state index contributed by atoms with van der Waals surface area (Å²) in [6.07, 6.45) is 5.88. The number of hydrogen-bond acceptors (Lipinski definition) is 6. The third-order valence-electron chi connectivity index (χ3n) is 4.65. The van der Waals surface area contributed by atoms with E-state index in [2.05, 4.69) is 32.7 Å². The van der Waals surface area contributed by atoms with Crippen molar-refractivity contribution in [1.29, 1.82) is 0 Å². The molecule has 0 aliphatic carbocycles. The monoisotopic (exact) mass is 349 g/mol. The van der Waals surface area contributed by atoms with Crippen LogP contribution in [0.25, 0.3) is 10.8 Å². The van der Waals surface area contributed by atoms with E-state index in [-0.39, 0.29) is 6.10 Å². The molecule has 0 spiro atoms. The lowest BCUT2D eigenvalue weighted by atomic mass is 10.1. The van der Waals surface area contributed by atoms with Crippen molar-refractivity contribution in [3.63, 3.8) is 0 Å². The predicted molar refractivity (Wildman–Crippen MR) is 104 cm³/mol. The summed E-state index contributed by atoms with van der Waals surface area (Å²) in [4.78, 5) is 8.51. The standard InChI is InChI=1S/C20H23N5O/c21-20-18-2-1-14(11-15(18)3-9-24-20)13-25-19-12-17(6-10-23-19)26-16-4-7-22-8-5-16/h1-3,6,9-12,16,22H,4-5,7-8,13H2,(H2,21,24)(H,23,25). The van der Waals surface area contributed by atoms with Gasteiger partial charge in [0.2, 0.25) is 0 Å². The van der Waals surface area contributed by atoms with E-state index in [9.17, 15) is 0 Å². The number of rotatable bonds is 5. The molecule has 0 bridgehead atoms. The number of ether oxygens (including phenoxy) is 1. The Morgan fingerprint density at radius 1 is 1.08 bits per heavy atom. The molecule has 0 unspecified atom stereocenters. The van der Waals surface area contributed by atoms with Crippen molar-refractivity contribution in [3.05, 3.63) is 54.4 Å². The molecule has 0 radical (unpaired) electrons. The van der Waals surface area contributed by atoms with Crippen molar-refractivity contribution in [1.82, 2.24) is 15.3 Å². The zero-order chi connectivity index (χ0) is 17.8. The van der Waals surface area contributed by atoms with Gasteiger partial charge in [-0.1, -0.05) is 12.1 Å². The van der Waals surface area contributed by atoms with Crippen molar-refractivity contribution in [2.45, 2.75) is 25.5 Å². The SMILES string of the molecule is Nc1nccc2cc(CNc3cc(OC4CCNCC4)ccn3)ccc12. The quantitative estimate of drug-likeness (QED) is 0.657. The highest BCUT2D eigenvalue weighted by molar-refractivity contribution is 5.91. The fraction of sp³-hybridized carbons (Fsp3) is 0.300. The van der Waals surface area contributed by atoms with Crippen LogP contribution in [0.3, 0.4) is 0 Å². The van der Waals surface area contributed by atoms with Gasteiger partial charge >= 0.3 is 0 Å². The molecule has 1 aliphatic heterocycles. The van der Waals surface area contributed by atoms with Gasteiger partial charge in [0.05, 0.1) is 0 Å². The van der Waals surface area contributed by atoms with E-state index in [4.69, 9.17) is 10.5 Å². The Labute approximate surface area is 152 Å². The number of fused-ring (bicyclic) bond motifs is 1. The van der Waals surface area contributed by atoms with Crippen molar-refractivity contribution in [2.75, 3.05) is 24.1 Å². The summed E-state index contributed by atoms with van der Waals surface area (Å²) in [7, 11) is 0. The van der Waals surface area contributed by atoms with E-state index in [0.29, 0.717) is 12.4 Å². The van der Waals surface area contributed by atoms with E-state index >= 15 is 0 Å². The third-order valence-corrected chi connectivity index (χ3v) is 4.65. The minimum atomic E-state index is 0.283. The molecule has 134 valence electrons. The highest BCUT2D eigenvalue weighted by Crippen LogP contribution is 2.22. The number of benzene rings is 1. The second kappa shape index (κ2) is 7.58. The zero-order valence-electron chi connectivity index (χ0n) is 14.6. The van der Waals surface area contributed by atoms with Crippen molar-refractivity contribution >= 4 is 22.4 Å². The summed E-state index contributed by atoms with van der Waals surface area (Å²) in [5.41, 5.74) is 7.07. The summed E-state index contributed by atoms with van der Waals surface area (Å²) < 4.78 is 6.08. The van der Waals surface area contributed by atoms with Crippen molar-refractivity contribution < 1.29 is 4.74 Å². The van der Waals surface area contributed by atoms with Crippen LogP contribution in [0, 0.1) is 0 Å². The molecule has 4 rings (SSSR count). The smallest absolute Gasteiger partial charge is 0.131 e. The van der Waals surface area contributed by atoms with Crippen molar-refractivity contribution in [3.8, 4) is 5.75 Å². The first kappa shape index (κ1) is 16.6. The van der Waals surface area contributed by atoms with Crippen LogP contribution >= 0.6 is 0 Å². The van der Waals surface area contributed by atoms with Crippen LogP contribution in [0.15, 0.2) is 48.8 Å². The van der Waals surface area contributed by atoms with Gasteiger partial charge in [-0.2, -0.15) is 0 Å². The van der Waals surface area contributed by atoms with Crippen LogP contribution in [-0.2, 0) is 6.54 Å². The summed E-state index contributed by atoms with van der Waals surface area (Å²) in [5.74, 6) is 2.24. The van der Waals surface area contributed by atoms with Crippen LogP contribution < -0.4 is 21.1 Å². The van der Waals surface area contributed by atoms with Crippen LogP contribution in [0.2, 0.25) is 0 Å². The van der Waals surface area contributed by atoms with Gasteiger partial charge in [0.15, 0.2) is 0 Å². The summed E-state index contributed by atoms with van der Waals surface area (Å²) in [6.45, 7) is 2.72. The van der Waals surface area contributed by atoms with Gasteiger partial charge in [-0.25, -0.2) is 9.97 Å². The summed E-state index contributed by atoms with van der Waals surface area (Å²) in [6, 6.07) is 12.0. The third kappa shape index (κ3) is 3.86.